The number of sulfonamides is 1. The molecule has 0 fully saturated rings. The molecule has 0 heterocycles. The van der Waals surface area contributed by atoms with E-state index >= 15 is 0 Å². The van der Waals surface area contributed by atoms with Crippen LogP contribution in [0, 0.1) is 0 Å². The van der Waals surface area contributed by atoms with Gasteiger partial charge in [0.25, 0.3) is 0 Å². The quantitative estimate of drug-likeness (QED) is 0.588. The maximum atomic E-state index is 12.5. The molecule has 164 valence electrons. The lowest BCUT2D eigenvalue weighted by Crippen LogP contribution is -2.30. The Bertz CT molecular complexity index is 916. The third-order valence-electron chi connectivity index (χ3n) is 4.90. The molecule has 7 nitrogen and oxygen atoms in total. The highest BCUT2D eigenvalue weighted by Crippen LogP contribution is 2.27. The van der Waals surface area contributed by atoms with E-state index in [4.69, 9.17) is 9.47 Å². The summed E-state index contributed by atoms with van der Waals surface area (Å²) in [5.74, 6) is 1.20. The first-order chi connectivity index (χ1) is 14.4. The molecule has 0 aliphatic rings. The van der Waals surface area contributed by atoms with Crippen molar-refractivity contribution in [3.63, 3.8) is 0 Å². The van der Waals surface area contributed by atoms with Crippen LogP contribution in [-0.2, 0) is 27.8 Å². The van der Waals surface area contributed by atoms with Gasteiger partial charge >= 0.3 is 0 Å². The zero-order chi connectivity index (χ0) is 22.1. The third kappa shape index (κ3) is 5.73. The number of nitrogens with zero attached hydrogens (tertiary/aromatic N) is 1. The molecule has 0 aliphatic carbocycles. The van der Waals surface area contributed by atoms with Crippen LogP contribution in [0.25, 0.3) is 0 Å². The Balaban J connectivity index is 1.95. The predicted molar refractivity (Wildman–Crippen MR) is 116 cm³/mol. The van der Waals surface area contributed by atoms with E-state index in [1.807, 2.05) is 32.0 Å². The minimum atomic E-state index is -3.47. The molecule has 0 saturated carbocycles. The summed E-state index contributed by atoms with van der Waals surface area (Å²) in [7, 11) is -0.324. The average Bonchev–Trinajstić information content (AvgIpc) is 2.76. The normalized spacial score (nSPS) is 11.4. The van der Waals surface area contributed by atoms with E-state index in [0.717, 1.165) is 11.1 Å². The molecule has 30 heavy (non-hydrogen) atoms. The van der Waals surface area contributed by atoms with Crippen molar-refractivity contribution < 1.29 is 22.7 Å². The SMILES string of the molecule is CCN(CC)S(=O)(=O)c1ccc(CCC(=O)NCc2c(OC)cccc2OC)cc1. The van der Waals surface area contributed by atoms with Gasteiger partial charge in [-0.05, 0) is 36.2 Å². The van der Waals surface area contributed by atoms with Gasteiger partial charge in [0.2, 0.25) is 15.9 Å². The highest BCUT2D eigenvalue weighted by atomic mass is 32.2. The second kappa shape index (κ2) is 11.0. The monoisotopic (exact) mass is 434 g/mol. The first kappa shape index (κ1) is 23.7. The number of aryl methyl sites for hydroxylation is 1. The number of hydrogen-bond donors (Lipinski definition) is 1. The summed E-state index contributed by atoms with van der Waals surface area (Å²) < 4.78 is 37.2. The van der Waals surface area contributed by atoms with Crippen LogP contribution in [0.1, 0.15) is 31.4 Å². The van der Waals surface area contributed by atoms with Crippen molar-refractivity contribution in [2.45, 2.75) is 38.1 Å². The molecule has 0 unspecified atom stereocenters. The van der Waals surface area contributed by atoms with E-state index in [9.17, 15) is 13.2 Å². The summed E-state index contributed by atoms with van der Waals surface area (Å²) in [5, 5.41) is 2.88. The van der Waals surface area contributed by atoms with Crippen molar-refractivity contribution >= 4 is 15.9 Å². The molecule has 2 rings (SSSR count). The maximum absolute atomic E-state index is 12.5. The van der Waals surface area contributed by atoms with Gasteiger partial charge in [0.1, 0.15) is 11.5 Å². The zero-order valence-electron chi connectivity index (χ0n) is 18.0. The fourth-order valence-corrected chi connectivity index (χ4v) is 4.63. The molecule has 0 aliphatic heterocycles. The molecule has 2 aromatic carbocycles. The summed E-state index contributed by atoms with van der Waals surface area (Å²) >= 11 is 0. The van der Waals surface area contributed by atoms with E-state index in [1.54, 1.807) is 38.5 Å². The minimum Gasteiger partial charge on any atom is -0.496 e. The van der Waals surface area contributed by atoms with Gasteiger partial charge in [-0.3, -0.25) is 4.79 Å². The van der Waals surface area contributed by atoms with Crippen molar-refractivity contribution in [1.29, 1.82) is 0 Å². The second-order valence-electron chi connectivity index (χ2n) is 6.65. The summed E-state index contributed by atoms with van der Waals surface area (Å²) in [4.78, 5) is 12.6. The highest BCUT2D eigenvalue weighted by molar-refractivity contribution is 7.89. The van der Waals surface area contributed by atoms with Gasteiger partial charge in [-0.2, -0.15) is 4.31 Å². The van der Waals surface area contributed by atoms with Crippen molar-refractivity contribution in [1.82, 2.24) is 9.62 Å². The Morgan fingerprint density at radius 1 is 0.967 bits per heavy atom. The number of carbonyl (C=O) groups excluding carboxylic acids is 1. The minimum absolute atomic E-state index is 0.109. The summed E-state index contributed by atoms with van der Waals surface area (Å²) in [6, 6.07) is 12.2. The first-order valence-electron chi connectivity index (χ1n) is 9.93. The highest BCUT2D eigenvalue weighted by Gasteiger charge is 2.21. The van der Waals surface area contributed by atoms with Crippen LogP contribution < -0.4 is 14.8 Å². The smallest absolute Gasteiger partial charge is 0.243 e. The molecule has 1 N–H and O–H groups in total. The van der Waals surface area contributed by atoms with Crippen LogP contribution in [0.5, 0.6) is 11.5 Å². The van der Waals surface area contributed by atoms with Crippen LogP contribution in [-0.4, -0.2) is 45.9 Å². The molecule has 0 aromatic heterocycles. The molecule has 1 amide bonds. The number of rotatable bonds is 11. The molecule has 0 saturated heterocycles. The number of benzene rings is 2. The lowest BCUT2D eigenvalue weighted by Gasteiger charge is -2.18. The molecule has 2 aromatic rings. The topological polar surface area (TPSA) is 84.9 Å². The Labute approximate surface area is 179 Å². The van der Waals surface area contributed by atoms with Crippen molar-refractivity contribution in [2.75, 3.05) is 27.3 Å². The summed E-state index contributed by atoms with van der Waals surface area (Å²) in [6.07, 6.45) is 0.806. The summed E-state index contributed by atoms with van der Waals surface area (Å²) in [5.41, 5.74) is 1.68. The zero-order valence-corrected chi connectivity index (χ0v) is 18.8. The molecule has 0 radical (unpaired) electrons. The van der Waals surface area contributed by atoms with Crippen LogP contribution >= 0.6 is 0 Å². The largest absolute Gasteiger partial charge is 0.496 e. The van der Waals surface area contributed by atoms with E-state index < -0.39 is 10.0 Å². The number of carbonyl (C=O) groups is 1. The number of hydrogen-bond acceptors (Lipinski definition) is 5. The van der Waals surface area contributed by atoms with Crippen LogP contribution in [0.4, 0.5) is 0 Å². The number of methoxy groups -OCH3 is 2. The average molecular weight is 435 g/mol. The standard InChI is InChI=1S/C22H30N2O5S/c1-5-24(6-2)30(26,27)18-13-10-17(11-14-18)12-15-22(25)23-16-19-20(28-3)8-7-9-21(19)29-4/h7-11,13-14H,5-6,12,15-16H2,1-4H3,(H,23,25). The van der Waals surface area contributed by atoms with Crippen LogP contribution in [0.15, 0.2) is 47.4 Å². The van der Waals surface area contributed by atoms with Gasteiger partial charge in [-0.1, -0.05) is 32.0 Å². The van der Waals surface area contributed by atoms with Crippen molar-refractivity contribution in [2.24, 2.45) is 0 Å². The number of ether oxygens (including phenoxy) is 2. The number of nitrogens with one attached hydrogen (secondary N) is 1. The van der Waals surface area contributed by atoms with Gasteiger partial charge in [0.15, 0.2) is 0 Å². The lowest BCUT2D eigenvalue weighted by atomic mass is 10.1. The predicted octanol–water partition coefficient (Wildman–Crippen LogP) is 2.98. The number of amides is 1. The van der Waals surface area contributed by atoms with E-state index in [1.165, 1.54) is 4.31 Å². The molecular weight excluding hydrogens is 404 g/mol. The van der Waals surface area contributed by atoms with Gasteiger partial charge < -0.3 is 14.8 Å². The molecule has 8 heteroatoms. The van der Waals surface area contributed by atoms with E-state index in [-0.39, 0.29) is 10.8 Å². The Hall–Kier alpha value is -2.58. The van der Waals surface area contributed by atoms with Crippen molar-refractivity contribution in [3.05, 3.63) is 53.6 Å². The van der Waals surface area contributed by atoms with Crippen molar-refractivity contribution in [3.8, 4) is 11.5 Å². The molecular formula is C22H30N2O5S. The van der Waals surface area contributed by atoms with Crippen LogP contribution in [0.3, 0.4) is 0 Å². The fraction of sp³-hybridized carbons (Fsp3) is 0.409. The summed E-state index contributed by atoms with van der Waals surface area (Å²) in [6.45, 7) is 4.78. The Morgan fingerprint density at radius 3 is 2.03 bits per heavy atom. The fourth-order valence-electron chi connectivity index (χ4n) is 3.18. The molecule has 0 bridgehead atoms. The van der Waals surface area contributed by atoms with Crippen LogP contribution in [0.2, 0.25) is 0 Å². The van der Waals surface area contributed by atoms with Gasteiger partial charge in [0.05, 0.1) is 31.2 Å². The van der Waals surface area contributed by atoms with E-state index in [0.29, 0.717) is 44.0 Å². The lowest BCUT2D eigenvalue weighted by molar-refractivity contribution is -0.121. The molecule has 0 atom stereocenters. The van der Waals surface area contributed by atoms with E-state index in [2.05, 4.69) is 5.32 Å². The third-order valence-corrected chi connectivity index (χ3v) is 6.96. The Morgan fingerprint density at radius 2 is 1.53 bits per heavy atom. The van der Waals surface area contributed by atoms with Gasteiger partial charge in [-0.25, -0.2) is 8.42 Å². The second-order valence-corrected chi connectivity index (χ2v) is 8.59. The first-order valence-corrected chi connectivity index (χ1v) is 11.4. The Kier molecular flexibility index (Phi) is 8.68. The van der Waals surface area contributed by atoms with Gasteiger partial charge in [-0.15, -0.1) is 0 Å². The van der Waals surface area contributed by atoms with Gasteiger partial charge in [0, 0.05) is 19.5 Å². The molecule has 0 spiro atoms. The maximum Gasteiger partial charge on any atom is 0.243 e.